The standard InChI is InChI=1S/C7H8S.C2H6.3CH4/c1-8-7-5-3-2-4-6-7;1-2;;;/h2-6H,1H3;1-2H3;3*1H4/p+1. The smallest absolute Gasteiger partial charge is 0.0776 e. The quantitative estimate of drug-likeness (QED) is 0.468. The number of hydrogen-bond acceptors (Lipinski definition) is 0. The van der Waals surface area contributed by atoms with E-state index in [1.165, 1.54) is 16.7 Å². The van der Waals surface area contributed by atoms with Crippen LogP contribution in [0.3, 0.4) is 0 Å². The summed E-state index contributed by atoms with van der Waals surface area (Å²) in [6.07, 6.45) is 2.13. The molecular weight excluding hydrogens is 176 g/mol. The van der Waals surface area contributed by atoms with Gasteiger partial charge in [-0.25, -0.2) is 0 Å². The summed E-state index contributed by atoms with van der Waals surface area (Å²) in [4.78, 5) is 1.38. The first-order valence-electron chi connectivity index (χ1n) is 3.58. The Kier molecular flexibility index (Phi) is 31.0. The molecule has 13 heavy (non-hydrogen) atoms. The molecule has 80 valence electrons. The van der Waals surface area contributed by atoms with Crippen molar-refractivity contribution in [2.75, 3.05) is 6.26 Å². The average Bonchev–Trinajstić information content (AvgIpc) is 2.10. The van der Waals surface area contributed by atoms with Gasteiger partial charge in [0, 0.05) is 11.8 Å². The molecule has 0 radical (unpaired) electrons. The number of hydrogen-bond donors (Lipinski definition) is 0. The minimum absolute atomic E-state index is 0. The number of benzene rings is 1. The Morgan fingerprint density at radius 3 is 1.46 bits per heavy atom. The van der Waals surface area contributed by atoms with Gasteiger partial charge < -0.3 is 0 Å². The van der Waals surface area contributed by atoms with Crippen molar-refractivity contribution < 1.29 is 0 Å². The first-order chi connectivity index (χ1) is 4.93. The summed E-state index contributed by atoms with van der Waals surface area (Å²) in [5.41, 5.74) is 0. The van der Waals surface area contributed by atoms with E-state index >= 15 is 0 Å². The fourth-order valence-corrected chi connectivity index (χ4v) is 1.05. The third-order valence-corrected chi connectivity index (χ3v) is 1.83. The molecule has 0 N–H and O–H groups in total. The molecule has 0 heterocycles. The summed E-state index contributed by atoms with van der Waals surface area (Å²) in [6, 6.07) is 10.4. The largest absolute Gasteiger partial charge is 0.152 e. The van der Waals surface area contributed by atoms with Gasteiger partial charge >= 0.3 is 0 Å². The van der Waals surface area contributed by atoms with Crippen LogP contribution in [0.2, 0.25) is 0 Å². The zero-order chi connectivity index (χ0) is 7.82. The lowest BCUT2D eigenvalue weighted by atomic mass is 10.4. The van der Waals surface area contributed by atoms with Gasteiger partial charge in [0.05, 0.1) is 0 Å². The Morgan fingerprint density at radius 1 is 0.846 bits per heavy atom. The predicted octanol–water partition coefficient (Wildman–Crippen LogP) is 4.42. The first-order valence-corrected chi connectivity index (χ1v) is 4.92. The topological polar surface area (TPSA) is 0 Å². The van der Waals surface area contributed by atoms with Crippen molar-refractivity contribution in [3.8, 4) is 0 Å². The van der Waals surface area contributed by atoms with Gasteiger partial charge in [0.1, 0.15) is 6.26 Å². The maximum Gasteiger partial charge on any atom is 0.152 e. The lowest BCUT2D eigenvalue weighted by molar-refractivity contribution is 1.47. The molecule has 0 fully saturated rings. The second-order valence-electron chi connectivity index (χ2n) is 1.56. The Balaban J connectivity index is -0.0000000761. The third kappa shape index (κ3) is 11.6. The lowest BCUT2D eigenvalue weighted by Crippen LogP contribution is -1.73. The van der Waals surface area contributed by atoms with Crippen LogP contribution in [0.1, 0.15) is 36.1 Å². The molecule has 0 bridgehead atoms. The molecule has 0 aliphatic carbocycles. The van der Waals surface area contributed by atoms with Crippen LogP contribution in [-0.4, -0.2) is 6.26 Å². The molecule has 0 unspecified atom stereocenters. The fraction of sp³-hybridized carbons (Fsp3) is 0.500. The third-order valence-electron chi connectivity index (χ3n) is 1.01. The van der Waals surface area contributed by atoms with E-state index < -0.39 is 0 Å². The second kappa shape index (κ2) is 17.6. The zero-order valence-corrected chi connectivity index (χ0v) is 7.73. The molecule has 0 aliphatic heterocycles. The Labute approximate surface area is 89.8 Å². The van der Waals surface area contributed by atoms with Crippen molar-refractivity contribution in [1.82, 2.24) is 0 Å². The van der Waals surface area contributed by atoms with Crippen molar-refractivity contribution in [2.24, 2.45) is 0 Å². The Morgan fingerprint density at radius 2 is 1.23 bits per heavy atom. The lowest BCUT2D eigenvalue weighted by Gasteiger charge is -1.81. The van der Waals surface area contributed by atoms with Crippen LogP contribution in [0.4, 0.5) is 0 Å². The maximum absolute atomic E-state index is 2.13. The van der Waals surface area contributed by atoms with Gasteiger partial charge in [-0.2, -0.15) is 0 Å². The highest BCUT2D eigenvalue weighted by atomic mass is 32.2. The van der Waals surface area contributed by atoms with E-state index in [1.807, 2.05) is 19.9 Å². The van der Waals surface area contributed by atoms with Gasteiger partial charge in [-0.1, -0.05) is 54.3 Å². The van der Waals surface area contributed by atoms with E-state index in [4.69, 9.17) is 0 Å². The molecule has 0 aromatic heterocycles. The summed E-state index contributed by atoms with van der Waals surface area (Å²) in [7, 11) is 0. The molecule has 1 aromatic rings. The molecule has 0 atom stereocenters. The van der Waals surface area contributed by atoms with E-state index in [0.717, 1.165) is 0 Å². The Hall–Kier alpha value is -0.430. The van der Waals surface area contributed by atoms with Gasteiger partial charge in [-0.15, -0.1) is 0 Å². The molecule has 1 heteroatoms. The SMILES string of the molecule is C.C.C.CC.C[SH+]c1ccccc1. The molecule has 0 saturated heterocycles. The highest BCUT2D eigenvalue weighted by Crippen LogP contribution is 1.97. The fourth-order valence-electron chi connectivity index (χ4n) is 0.577. The average molecular weight is 203 g/mol. The van der Waals surface area contributed by atoms with Crippen molar-refractivity contribution in [1.29, 1.82) is 0 Å². The van der Waals surface area contributed by atoms with Crippen LogP contribution < -0.4 is 0 Å². The highest BCUT2D eigenvalue weighted by Gasteiger charge is 1.89. The summed E-state index contributed by atoms with van der Waals surface area (Å²) in [5.74, 6) is 0. The van der Waals surface area contributed by atoms with E-state index in [0.29, 0.717) is 0 Å². The maximum atomic E-state index is 2.13. The van der Waals surface area contributed by atoms with Crippen LogP contribution in [0.5, 0.6) is 0 Å². The highest BCUT2D eigenvalue weighted by molar-refractivity contribution is 7.77. The van der Waals surface area contributed by atoms with E-state index in [2.05, 4.69) is 30.5 Å². The molecule has 0 saturated carbocycles. The van der Waals surface area contributed by atoms with Crippen molar-refractivity contribution >= 4 is 11.8 Å². The first kappa shape index (κ1) is 22.9. The number of rotatable bonds is 1. The summed E-state index contributed by atoms with van der Waals surface area (Å²) >= 11 is 1.35. The summed E-state index contributed by atoms with van der Waals surface area (Å²) in [6.45, 7) is 4.00. The van der Waals surface area contributed by atoms with Gasteiger partial charge in [0.2, 0.25) is 0 Å². The van der Waals surface area contributed by atoms with Crippen molar-refractivity contribution in [3.05, 3.63) is 30.3 Å². The predicted molar refractivity (Wildman–Crippen MR) is 70.9 cm³/mol. The molecule has 0 aliphatic rings. The van der Waals surface area contributed by atoms with E-state index in [1.54, 1.807) is 0 Å². The van der Waals surface area contributed by atoms with Gasteiger partial charge in [0.25, 0.3) is 0 Å². The summed E-state index contributed by atoms with van der Waals surface area (Å²) in [5, 5.41) is 0. The van der Waals surface area contributed by atoms with Crippen molar-refractivity contribution in [2.45, 2.75) is 41.0 Å². The zero-order valence-electron chi connectivity index (χ0n) is 6.83. The van der Waals surface area contributed by atoms with Crippen LogP contribution in [0.15, 0.2) is 35.2 Å². The molecule has 1 rings (SSSR count). The minimum Gasteiger partial charge on any atom is -0.0776 e. The minimum atomic E-state index is 0. The van der Waals surface area contributed by atoms with E-state index in [9.17, 15) is 0 Å². The molecule has 0 spiro atoms. The summed E-state index contributed by atoms with van der Waals surface area (Å²) < 4.78 is 0. The molecule has 1 aromatic carbocycles. The van der Waals surface area contributed by atoms with Gasteiger partial charge in [-0.05, 0) is 12.1 Å². The van der Waals surface area contributed by atoms with Crippen LogP contribution in [-0.2, 0) is 11.8 Å². The number of thiol groups is 1. The van der Waals surface area contributed by atoms with Crippen LogP contribution in [0, 0.1) is 0 Å². The molecule has 0 amide bonds. The molecular formula is C12H27S+. The van der Waals surface area contributed by atoms with Crippen LogP contribution >= 0.6 is 0 Å². The monoisotopic (exact) mass is 203 g/mol. The normalized spacial score (nSPS) is 6.08. The van der Waals surface area contributed by atoms with Crippen molar-refractivity contribution in [3.63, 3.8) is 0 Å². The Bertz CT molecular complexity index is 146. The van der Waals surface area contributed by atoms with Crippen LogP contribution in [0.25, 0.3) is 0 Å². The second-order valence-corrected chi connectivity index (χ2v) is 2.52. The van der Waals surface area contributed by atoms with Gasteiger partial charge in [-0.3, -0.25) is 0 Å². The van der Waals surface area contributed by atoms with E-state index in [-0.39, 0.29) is 22.3 Å². The van der Waals surface area contributed by atoms with Gasteiger partial charge in [0.15, 0.2) is 4.90 Å². The molecule has 0 nitrogen and oxygen atoms in total.